The van der Waals surface area contributed by atoms with E-state index >= 15 is 0 Å². The van der Waals surface area contributed by atoms with Crippen LogP contribution >= 0.6 is 11.3 Å². The molecule has 1 N–H and O–H groups in total. The Labute approximate surface area is 132 Å². The van der Waals surface area contributed by atoms with Crippen LogP contribution in [0.2, 0.25) is 0 Å². The molecule has 1 aliphatic rings. The average molecular weight is 332 g/mol. The minimum Gasteiger partial charge on any atom is -0.249 e. The van der Waals surface area contributed by atoms with Crippen molar-refractivity contribution in [2.45, 2.75) is 40.0 Å². The maximum absolute atomic E-state index is 12.3. The molecule has 0 saturated carbocycles. The number of hydrogen-bond acceptors (Lipinski definition) is 4. The minimum absolute atomic E-state index is 0.415. The highest BCUT2D eigenvalue weighted by Gasteiger charge is 2.29. The first-order valence-electron chi connectivity index (χ1n) is 7.59. The summed E-state index contributed by atoms with van der Waals surface area (Å²) in [5.74, 6) is 0.854. The Kier molecular flexibility index (Phi) is 5.76. The molecule has 7 heteroatoms. The average Bonchev–Trinajstić information content (AvgIpc) is 2.85. The number of piperidine rings is 1. The number of hydrogen-bond donors (Lipinski definition) is 1. The summed E-state index contributed by atoms with van der Waals surface area (Å²) in [5.41, 5.74) is 0. The van der Waals surface area contributed by atoms with E-state index in [1.807, 2.05) is 6.20 Å². The van der Waals surface area contributed by atoms with Gasteiger partial charge in [0, 0.05) is 37.1 Å². The van der Waals surface area contributed by atoms with Gasteiger partial charge in [-0.05, 0) is 24.7 Å². The summed E-state index contributed by atoms with van der Waals surface area (Å²) < 4.78 is 29.0. The van der Waals surface area contributed by atoms with E-state index in [2.05, 4.69) is 30.5 Å². The summed E-state index contributed by atoms with van der Waals surface area (Å²) in [6.07, 6.45) is 4.61. The molecule has 1 aromatic heterocycles. The summed E-state index contributed by atoms with van der Waals surface area (Å²) in [5, 5.41) is 0.995. The van der Waals surface area contributed by atoms with Gasteiger partial charge in [0.1, 0.15) is 0 Å². The number of aromatic nitrogens is 1. The quantitative estimate of drug-likeness (QED) is 0.868. The second kappa shape index (κ2) is 7.17. The molecular weight excluding hydrogens is 306 g/mol. The van der Waals surface area contributed by atoms with Crippen LogP contribution in [0.3, 0.4) is 0 Å². The Hall–Kier alpha value is -0.500. The van der Waals surface area contributed by atoms with Crippen LogP contribution in [0.4, 0.5) is 0 Å². The van der Waals surface area contributed by atoms with Crippen LogP contribution < -0.4 is 4.72 Å². The van der Waals surface area contributed by atoms with Crippen LogP contribution in [0, 0.1) is 11.8 Å². The Balaban J connectivity index is 1.86. The fourth-order valence-electron chi connectivity index (χ4n) is 2.81. The number of thiazole rings is 1. The van der Waals surface area contributed by atoms with Crippen LogP contribution in [0.15, 0.2) is 6.20 Å². The first-order chi connectivity index (χ1) is 9.90. The first-order valence-corrected chi connectivity index (χ1v) is 9.84. The molecule has 0 spiro atoms. The molecule has 0 radical (unpaired) electrons. The first kappa shape index (κ1) is 16.9. The number of aryl methyl sites for hydroxylation is 1. The highest BCUT2D eigenvalue weighted by atomic mass is 32.2. The van der Waals surface area contributed by atoms with Crippen molar-refractivity contribution in [2.24, 2.45) is 11.8 Å². The molecule has 2 atom stereocenters. The lowest BCUT2D eigenvalue weighted by molar-refractivity contribution is 0.220. The summed E-state index contributed by atoms with van der Waals surface area (Å²) in [7, 11) is -3.36. The molecule has 5 nitrogen and oxygen atoms in total. The normalized spacial score (nSPS) is 24.3. The summed E-state index contributed by atoms with van der Waals surface area (Å²) in [4.78, 5) is 5.56. The molecule has 2 heterocycles. The topological polar surface area (TPSA) is 62.3 Å². The van der Waals surface area contributed by atoms with Crippen LogP contribution in [0.5, 0.6) is 0 Å². The standard InChI is InChI=1S/C14H25N3O2S2/c1-4-13-8-15-14(20-13)5-6-16-21(18,19)17-9-11(2)7-12(3)10-17/h8,11-12,16H,4-7,9-10H2,1-3H3/t11-,12-/m0/s1. The monoisotopic (exact) mass is 331 g/mol. The predicted molar refractivity (Wildman–Crippen MR) is 86.6 cm³/mol. The van der Waals surface area contributed by atoms with Crippen LogP contribution in [-0.4, -0.2) is 37.3 Å². The van der Waals surface area contributed by atoms with Crippen molar-refractivity contribution in [1.82, 2.24) is 14.0 Å². The van der Waals surface area contributed by atoms with Crippen molar-refractivity contribution in [3.63, 3.8) is 0 Å². The highest BCUT2D eigenvalue weighted by Crippen LogP contribution is 2.22. The zero-order valence-corrected chi connectivity index (χ0v) is 14.6. The van der Waals surface area contributed by atoms with Crippen molar-refractivity contribution in [1.29, 1.82) is 0 Å². The largest absolute Gasteiger partial charge is 0.279 e. The van der Waals surface area contributed by atoms with Gasteiger partial charge in [0.2, 0.25) is 0 Å². The smallest absolute Gasteiger partial charge is 0.249 e. The van der Waals surface area contributed by atoms with E-state index in [1.165, 1.54) is 4.88 Å². The molecule has 21 heavy (non-hydrogen) atoms. The van der Waals surface area contributed by atoms with E-state index in [4.69, 9.17) is 0 Å². The molecule has 0 bridgehead atoms. The van der Waals surface area contributed by atoms with Crippen molar-refractivity contribution in [2.75, 3.05) is 19.6 Å². The van der Waals surface area contributed by atoms with E-state index in [9.17, 15) is 8.42 Å². The summed E-state index contributed by atoms with van der Waals surface area (Å²) >= 11 is 1.66. The van der Waals surface area contributed by atoms with Gasteiger partial charge in [-0.25, -0.2) is 9.71 Å². The number of nitrogens with zero attached hydrogens (tertiary/aromatic N) is 2. The second-order valence-corrected chi connectivity index (χ2v) is 8.94. The van der Waals surface area contributed by atoms with Gasteiger partial charge < -0.3 is 0 Å². The van der Waals surface area contributed by atoms with E-state index in [0.717, 1.165) is 17.8 Å². The van der Waals surface area contributed by atoms with Crippen LogP contribution in [-0.2, 0) is 23.1 Å². The molecule has 2 rings (SSSR count). The summed E-state index contributed by atoms with van der Waals surface area (Å²) in [6, 6.07) is 0. The fourth-order valence-corrected chi connectivity index (χ4v) is 5.11. The van der Waals surface area contributed by atoms with Crippen molar-refractivity contribution < 1.29 is 8.42 Å². The number of nitrogens with one attached hydrogen (secondary N) is 1. The molecule has 1 aliphatic heterocycles. The molecule has 120 valence electrons. The number of rotatable bonds is 6. The Morgan fingerprint density at radius 3 is 2.62 bits per heavy atom. The van der Waals surface area contributed by atoms with Gasteiger partial charge >= 0.3 is 0 Å². The predicted octanol–water partition coefficient (Wildman–Crippen LogP) is 2.06. The third-order valence-electron chi connectivity index (χ3n) is 3.75. The molecule has 0 amide bonds. The molecule has 0 aliphatic carbocycles. The Morgan fingerprint density at radius 2 is 2.05 bits per heavy atom. The van der Waals surface area contributed by atoms with Gasteiger partial charge in [0.05, 0.1) is 5.01 Å². The maximum atomic E-state index is 12.3. The minimum atomic E-state index is -3.36. The lowest BCUT2D eigenvalue weighted by atomic mass is 9.94. The lowest BCUT2D eigenvalue weighted by Gasteiger charge is -2.33. The van der Waals surface area contributed by atoms with Gasteiger partial charge in [-0.3, -0.25) is 0 Å². The van der Waals surface area contributed by atoms with E-state index < -0.39 is 10.2 Å². The van der Waals surface area contributed by atoms with Gasteiger partial charge in [0.25, 0.3) is 10.2 Å². The SMILES string of the molecule is CCc1cnc(CCNS(=O)(=O)N2C[C@@H](C)C[C@H](C)C2)s1. The molecule has 1 aromatic rings. The zero-order chi connectivity index (χ0) is 15.5. The second-order valence-electron chi connectivity index (χ2n) is 5.99. The third-order valence-corrected chi connectivity index (χ3v) is 6.50. The zero-order valence-electron chi connectivity index (χ0n) is 13.0. The van der Waals surface area contributed by atoms with E-state index in [-0.39, 0.29) is 0 Å². The van der Waals surface area contributed by atoms with E-state index in [1.54, 1.807) is 15.6 Å². The lowest BCUT2D eigenvalue weighted by Crippen LogP contribution is -2.48. The van der Waals surface area contributed by atoms with E-state index in [0.29, 0.717) is 37.9 Å². The summed E-state index contributed by atoms with van der Waals surface area (Å²) in [6.45, 7) is 7.98. The molecule has 1 saturated heterocycles. The van der Waals surface area contributed by atoms with Crippen molar-refractivity contribution in [3.8, 4) is 0 Å². The molecule has 1 fully saturated rings. The molecule has 0 aromatic carbocycles. The highest BCUT2D eigenvalue weighted by molar-refractivity contribution is 7.87. The van der Waals surface area contributed by atoms with Gasteiger partial charge in [0.15, 0.2) is 0 Å². The van der Waals surface area contributed by atoms with Gasteiger partial charge in [-0.1, -0.05) is 20.8 Å². The van der Waals surface area contributed by atoms with Crippen molar-refractivity contribution >= 4 is 21.5 Å². The Morgan fingerprint density at radius 1 is 1.38 bits per heavy atom. The van der Waals surface area contributed by atoms with Crippen LogP contribution in [0.1, 0.15) is 37.1 Å². The van der Waals surface area contributed by atoms with Crippen LogP contribution in [0.25, 0.3) is 0 Å². The third kappa shape index (κ3) is 4.74. The van der Waals surface area contributed by atoms with Gasteiger partial charge in [-0.2, -0.15) is 12.7 Å². The maximum Gasteiger partial charge on any atom is 0.279 e. The molecule has 0 unspecified atom stereocenters. The van der Waals surface area contributed by atoms with Crippen molar-refractivity contribution in [3.05, 3.63) is 16.1 Å². The van der Waals surface area contributed by atoms with Gasteiger partial charge in [-0.15, -0.1) is 11.3 Å². The Bertz CT molecular complexity index is 546. The molecular formula is C14H25N3O2S2. The fraction of sp³-hybridized carbons (Fsp3) is 0.786.